The van der Waals surface area contributed by atoms with Gasteiger partial charge in [0.1, 0.15) is 5.75 Å². The van der Waals surface area contributed by atoms with Crippen molar-refractivity contribution in [3.05, 3.63) is 47.3 Å². The highest BCUT2D eigenvalue weighted by Gasteiger charge is 2.08. The van der Waals surface area contributed by atoms with Crippen LogP contribution in [-0.2, 0) is 13.5 Å². The molecule has 0 radical (unpaired) electrons. The molecule has 1 atom stereocenters. The van der Waals surface area contributed by atoms with Gasteiger partial charge in [0.25, 0.3) is 0 Å². The Hall–Kier alpha value is -1.81. The molecule has 1 aromatic heterocycles. The zero-order chi connectivity index (χ0) is 13.8. The zero-order valence-corrected chi connectivity index (χ0v) is 11.8. The topological polar surface area (TPSA) is 53.1 Å². The maximum atomic E-state index is 5.98. The third-order valence-electron chi connectivity index (χ3n) is 3.19. The van der Waals surface area contributed by atoms with Gasteiger partial charge in [-0.25, -0.2) is 0 Å². The Morgan fingerprint density at radius 3 is 2.79 bits per heavy atom. The Morgan fingerprint density at radius 1 is 1.37 bits per heavy atom. The van der Waals surface area contributed by atoms with Gasteiger partial charge in [-0.05, 0) is 26.0 Å². The molecule has 0 saturated heterocycles. The van der Waals surface area contributed by atoms with Gasteiger partial charge in [-0.3, -0.25) is 4.68 Å². The molecular weight excluding hydrogens is 238 g/mol. The van der Waals surface area contributed by atoms with Gasteiger partial charge in [0.15, 0.2) is 0 Å². The number of nitrogens with two attached hydrogens (primary N) is 1. The quantitative estimate of drug-likeness (QED) is 0.897. The van der Waals surface area contributed by atoms with Crippen LogP contribution >= 0.6 is 0 Å². The number of ether oxygens (including phenoxy) is 1. The maximum absolute atomic E-state index is 5.98. The second-order valence-corrected chi connectivity index (χ2v) is 4.87. The minimum Gasteiger partial charge on any atom is -0.493 e. The summed E-state index contributed by atoms with van der Waals surface area (Å²) < 4.78 is 7.73. The number of hydrogen-bond acceptors (Lipinski definition) is 3. The molecule has 0 fully saturated rings. The van der Waals surface area contributed by atoms with Gasteiger partial charge in [-0.1, -0.05) is 17.7 Å². The molecule has 1 aromatic carbocycles. The van der Waals surface area contributed by atoms with Crippen molar-refractivity contribution in [2.75, 3.05) is 6.61 Å². The average molecular weight is 259 g/mol. The normalized spacial score (nSPS) is 12.4. The van der Waals surface area contributed by atoms with Crippen LogP contribution in [-0.4, -0.2) is 16.4 Å². The Labute approximate surface area is 114 Å². The minimum absolute atomic E-state index is 0.0217. The molecule has 0 amide bonds. The Morgan fingerprint density at radius 2 is 2.16 bits per heavy atom. The van der Waals surface area contributed by atoms with E-state index in [1.54, 1.807) is 6.20 Å². The van der Waals surface area contributed by atoms with Crippen LogP contribution in [0.1, 0.15) is 29.8 Å². The number of rotatable bonds is 5. The minimum atomic E-state index is -0.0217. The number of aromatic nitrogens is 2. The summed E-state index contributed by atoms with van der Waals surface area (Å²) >= 11 is 0. The summed E-state index contributed by atoms with van der Waals surface area (Å²) in [5, 5.41) is 4.14. The van der Waals surface area contributed by atoms with Gasteiger partial charge in [0, 0.05) is 37.0 Å². The number of aryl methyl sites for hydroxylation is 2. The highest BCUT2D eigenvalue weighted by molar-refractivity contribution is 5.38. The molecule has 102 valence electrons. The monoisotopic (exact) mass is 259 g/mol. The molecule has 2 N–H and O–H groups in total. The molecule has 0 aliphatic heterocycles. The van der Waals surface area contributed by atoms with Crippen LogP contribution in [0, 0.1) is 6.92 Å². The predicted octanol–water partition coefficient (Wildman–Crippen LogP) is 2.37. The first kappa shape index (κ1) is 13.6. The van der Waals surface area contributed by atoms with Crippen molar-refractivity contribution >= 4 is 0 Å². The van der Waals surface area contributed by atoms with Crippen LogP contribution in [0.25, 0.3) is 0 Å². The van der Waals surface area contributed by atoms with E-state index < -0.39 is 0 Å². The number of benzene rings is 1. The fourth-order valence-electron chi connectivity index (χ4n) is 2.07. The fourth-order valence-corrected chi connectivity index (χ4v) is 2.07. The van der Waals surface area contributed by atoms with E-state index in [-0.39, 0.29) is 6.04 Å². The fraction of sp³-hybridized carbons (Fsp3) is 0.400. The molecule has 4 heteroatoms. The summed E-state index contributed by atoms with van der Waals surface area (Å²) in [5.41, 5.74) is 9.40. The summed E-state index contributed by atoms with van der Waals surface area (Å²) in [5.74, 6) is 0.878. The third-order valence-corrected chi connectivity index (χ3v) is 3.19. The van der Waals surface area contributed by atoms with Crippen LogP contribution in [0.15, 0.2) is 30.5 Å². The lowest BCUT2D eigenvalue weighted by Gasteiger charge is -2.15. The van der Waals surface area contributed by atoms with Gasteiger partial charge >= 0.3 is 0 Å². The molecule has 0 aliphatic rings. The molecule has 0 aliphatic carbocycles. The first-order valence-corrected chi connectivity index (χ1v) is 6.53. The van der Waals surface area contributed by atoms with Crippen LogP contribution in [0.2, 0.25) is 0 Å². The Kier molecular flexibility index (Phi) is 4.22. The van der Waals surface area contributed by atoms with E-state index in [1.165, 1.54) is 5.56 Å². The van der Waals surface area contributed by atoms with E-state index in [0.717, 1.165) is 23.4 Å². The summed E-state index contributed by atoms with van der Waals surface area (Å²) in [6, 6.07) is 8.11. The summed E-state index contributed by atoms with van der Waals surface area (Å²) in [7, 11) is 1.94. The number of nitrogens with zero attached hydrogens (tertiary/aromatic N) is 2. The lowest BCUT2D eigenvalue weighted by molar-refractivity contribution is 0.313. The second kappa shape index (κ2) is 5.89. The van der Waals surface area contributed by atoms with Crippen LogP contribution in [0.4, 0.5) is 0 Å². The first-order valence-electron chi connectivity index (χ1n) is 6.53. The van der Waals surface area contributed by atoms with Gasteiger partial charge in [0.05, 0.1) is 6.61 Å². The van der Waals surface area contributed by atoms with E-state index in [0.29, 0.717) is 6.61 Å². The van der Waals surface area contributed by atoms with Crippen molar-refractivity contribution in [3.63, 3.8) is 0 Å². The molecule has 19 heavy (non-hydrogen) atoms. The van der Waals surface area contributed by atoms with Crippen molar-refractivity contribution in [2.45, 2.75) is 26.3 Å². The standard InChI is InChI=1S/C15H21N3O/c1-11-4-5-15(14(10-11)12(2)16)19-9-7-13-6-8-17-18(13)3/h4-6,8,10,12H,7,9,16H2,1-3H3/t12-/m0/s1. The van der Waals surface area contributed by atoms with Gasteiger partial charge < -0.3 is 10.5 Å². The summed E-state index contributed by atoms with van der Waals surface area (Å²) in [6.07, 6.45) is 2.64. The molecule has 0 saturated carbocycles. The smallest absolute Gasteiger partial charge is 0.124 e. The van der Waals surface area contributed by atoms with Gasteiger partial charge in [-0.15, -0.1) is 0 Å². The highest BCUT2D eigenvalue weighted by atomic mass is 16.5. The largest absolute Gasteiger partial charge is 0.493 e. The molecule has 1 heterocycles. The maximum Gasteiger partial charge on any atom is 0.124 e. The number of hydrogen-bond donors (Lipinski definition) is 1. The molecule has 0 spiro atoms. The predicted molar refractivity (Wildman–Crippen MR) is 76.2 cm³/mol. The third kappa shape index (κ3) is 3.35. The molecule has 2 aromatic rings. The van der Waals surface area contributed by atoms with Gasteiger partial charge in [0.2, 0.25) is 0 Å². The van der Waals surface area contributed by atoms with E-state index in [9.17, 15) is 0 Å². The SMILES string of the molecule is Cc1ccc(OCCc2ccnn2C)c([C@H](C)N)c1. The average Bonchev–Trinajstić information content (AvgIpc) is 2.77. The Bertz CT molecular complexity index is 546. The zero-order valence-electron chi connectivity index (χ0n) is 11.8. The van der Waals surface area contributed by atoms with Crippen LogP contribution < -0.4 is 10.5 Å². The molecule has 0 unspecified atom stereocenters. The van der Waals surface area contributed by atoms with E-state index in [1.807, 2.05) is 36.9 Å². The second-order valence-electron chi connectivity index (χ2n) is 4.87. The van der Waals surface area contributed by atoms with E-state index >= 15 is 0 Å². The van der Waals surface area contributed by atoms with E-state index in [2.05, 4.69) is 18.1 Å². The lowest BCUT2D eigenvalue weighted by atomic mass is 10.1. The van der Waals surface area contributed by atoms with Crippen molar-refractivity contribution in [3.8, 4) is 5.75 Å². The van der Waals surface area contributed by atoms with Crippen molar-refractivity contribution in [1.29, 1.82) is 0 Å². The van der Waals surface area contributed by atoms with Crippen LogP contribution in [0.3, 0.4) is 0 Å². The van der Waals surface area contributed by atoms with Crippen LogP contribution in [0.5, 0.6) is 5.75 Å². The van der Waals surface area contributed by atoms with Crippen molar-refractivity contribution in [1.82, 2.24) is 9.78 Å². The summed E-state index contributed by atoms with van der Waals surface area (Å²) in [4.78, 5) is 0. The van der Waals surface area contributed by atoms with Crippen molar-refractivity contribution < 1.29 is 4.74 Å². The molecule has 2 rings (SSSR count). The first-order chi connectivity index (χ1) is 9.08. The molecule has 0 bridgehead atoms. The lowest BCUT2D eigenvalue weighted by Crippen LogP contribution is -2.11. The highest BCUT2D eigenvalue weighted by Crippen LogP contribution is 2.25. The summed E-state index contributed by atoms with van der Waals surface area (Å²) in [6.45, 7) is 4.66. The Balaban J connectivity index is 2.01. The van der Waals surface area contributed by atoms with Gasteiger partial charge in [-0.2, -0.15) is 5.10 Å². The van der Waals surface area contributed by atoms with E-state index in [4.69, 9.17) is 10.5 Å². The molecule has 4 nitrogen and oxygen atoms in total. The van der Waals surface area contributed by atoms with Crippen molar-refractivity contribution in [2.24, 2.45) is 12.8 Å². The molecular formula is C15H21N3O.